The Morgan fingerprint density at radius 3 is 3.00 bits per heavy atom. The van der Waals surface area contributed by atoms with Crippen molar-refractivity contribution in [3.05, 3.63) is 35.6 Å². The van der Waals surface area contributed by atoms with Gasteiger partial charge in [-0.25, -0.2) is 4.39 Å². The molecule has 1 fully saturated rings. The number of piperazine rings is 1. The van der Waals surface area contributed by atoms with Gasteiger partial charge in [-0.1, -0.05) is 18.2 Å². The average Bonchev–Trinajstić information content (AvgIpc) is 2.32. The van der Waals surface area contributed by atoms with Gasteiger partial charge in [0.15, 0.2) is 0 Å². The Morgan fingerprint density at radius 1 is 1.53 bits per heavy atom. The summed E-state index contributed by atoms with van der Waals surface area (Å²) in [6.45, 7) is 3.81. The van der Waals surface area contributed by atoms with Crippen molar-refractivity contribution in [3.8, 4) is 0 Å². The first kappa shape index (κ1) is 12.0. The van der Waals surface area contributed by atoms with Gasteiger partial charge in [0.05, 0.1) is 0 Å². The van der Waals surface area contributed by atoms with E-state index in [0.29, 0.717) is 18.5 Å². The van der Waals surface area contributed by atoms with E-state index in [-0.39, 0.29) is 17.8 Å². The van der Waals surface area contributed by atoms with Gasteiger partial charge < -0.3 is 10.2 Å². The molecule has 0 aliphatic carbocycles. The number of hydrogen-bond acceptors (Lipinski definition) is 2. The van der Waals surface area contributed by atoms with E-state index in [0.717, 1.165) is 13.1 Å². The first-order valence-corrected chi connectivity index (χ1v) is 5.90. The van der Waals surface area contributed by atoms with Crippen LogP contribution in [0.15, 0.2) is 24.3 Å². The molecule has 0 radical (unpaired) electrons. The molecule has 1 saturated heterocycles. The van der Waals surface area contributed by atoms with Crippen molar-refractivity contribution in [1.29, 1.82) is 0 Å². The minimum absolute atomic E-state index is 0.0538. The Kier molecular flexibility index (Phi) is 3.74. The van der Waals surface area contributed by atoms with E-state index < -0.39 is 0 Å². The van der Waals surface area contributed by atoms with Crippen LogP contribution in [0.1, 0.15) is 12.5 Å². The second-order valence-electron chi connectivity index (χ2n) is 4.37. The van der Waals surface area contributed by atoms with Crippen molar-refractivity contribution in [2.45, 2.75) is 19.4 Å². The summed E-state index contributed by atoms with van der Waals surface area (Å²) in [4.78, 5) is 13.3. The number of nitrogens with zero attached hydrogens (tertiary/aromatic N) is 1. The smallest absolute Gasteiger partial charge is 0.219 e. The summed E-state index contributed by atoms with van der Waals surface area (Å²) in [5.74, 6) is -0.130. The molecule has 3 nitrogen and oxygen atoms in total. The van der Waals surface area contributed by atoms with Gasteiger partial charge in [0, 0.05) is 32.6 Å². The van der Waals surface area contributed by atoms with Crippen molar-refractivity contribution < 1.29 is 9.18 Å². The molecule has 0 aromatic heterocycles. The van der Waals surface area contributed by atoms with E-state index in [1.54, 1.807) is 19.1 Å². The normalized spacial score (nSPS) is 20.4. The summed E-state index contributed by atoms with van der Waals surface area (Å²) < 4.78 is 13.5. The average molecular weight is 236 g/mol. The molecule has 1 aliphatic heterocycles. The fourth-order valence-corrected chi connectivity index (χ4v) is 2.28. The molecule has 0 saturated carbocycles. The highest BCUT2D eigenvalue weighted by molar-refractivity contribution is 5.73. The van der Waals surface area contributed by atoms with Crippen LogP contribution < -0.4 is 5.32 Å². The SMILES string of the molecule is CC(=O)N1CCNCC1Cc1ccccc1F. The van der Waals surface area contributed by atoms with Crippen LogP contribution in [0.5, 0.6) is 0 Å². The molecule has 1 N–H and O–H groups in total. The van der Waals surface area contributed by atoms with Crippen molar-refractivity contribution in [2.75, 3.05) is 19.6 Å². The molecule has 1 amide bonds. The predicted molar refractivity (Wildman–Crippen MR) is 64.1 cm³/mol. The molecule has 1 aromatic rings. The maximum absolute atomic E-state index is 13.5. The molecule has 0 spiro atoms. The zero-order valence-electron chi connectivity index (χ0n) is 9.95. The number of nitrogens with one attached hydrogen (secondary N) is 1. The zero-order chi connectivity index (χ0) is 12.3. The zero-order valence-corrected chi connectivity index (χ0v) is 9.95. The topological polar surface area (TPSA) is 32.3 Å². The number of carbonyl (C=O) groups is 1. The molecule has 1 aromatic carbocycles. The van der Waals surface area contributed by atoms with E-state index >= 15 is 0 Å². The summed E-state index contributed by atoms with van der Waals surface area (Å²) >= 11 is 0. The Balaban J connectivity index is 2.11. The van der Waals surface area contributed by atoms with Gasteiger partial charge in [-0.3, -0.25) is 4.79 Å². The van der Waals surface area contributed by atoms with Gasteiger partial charge >= 0.3 is 0 Å². The largest absolute Gasteiger partial charge is 0.337 e. The monoisotopic (exact) mass is 236 g/mol. The highest BCUT2D eigenvalue weighted by Crippen LogP contribution is 2.14. The lowest BCUT2D eigenvalue weighted by atomic mass is 10.0. The van der Waals surface area contributed by atoms with Gasteiger partial charge in [-0.05, 0) is 18.1 Å². The van der Waals surface area contributed by atoms with Crippen LogP contribution in [0.3, 0.4) is 0 Å². The van der Waals surface area contributed by atoms with Gasteiger partial charge in [0.1, 0.15) is 5.82 Å². The first-order chi connectivity index (χ1) is 8.18. The Bertz CT molecular complexity index is 408. The number of rotatable bonds is 2. The number of benzene rings is 1. The number of halogens is 1. The summed E-state index contributed by atoms with van der Waals surface area (Å²) in [5, 5.41) is 3.24. The Labute approximate surface area is 101 Å². The van der Waals surface area contributed by atoms with Crippen molar-refractivity contribution in [1.82, 2.24) is 10.2 Å². The third-order valence-corrected chi connectivity index (χ3v) is 3.17. The molecule has 92 valence electrons. The predicted octanol–water partition coefficient (Wildman–Crippen LogP) is 1.19. The maximum Gasteiger partial charge on any atom is 0.219 e. The number of carbonyl (C=O) groups excluding carboxylic acids is 1. The molecule has 0 bridgehead atoms. The second-order valence-corrected chi connectivity index (χ2v) is 4.37. The second kappa shape index (κ2) is 5.27. The third-order valence-electron chi connectivity index (χ3n) is 3.17. The van der Waals surface area contributed by atoms with Crippen LogP contribution in [0.25, 0.3) is 0 Å². The minimum Gasteiger partial charge on any atom is -0.337 e. The lowest BCUT2D eigenvalue weighted by molar-refractivity contribution is -0.131. The van der Waals surface area contributed by atoms with Crippen LogP contribution in [0.4, 0.5) is 4.39 Å². The van der Waals surface area contributed by atoms with Gasteiger partial charge in [-0.15, -0.1) is 0 Å². The Hall–Kier alpha value is -1.42. The quantitative estimate of drug-likeness (QED) is 0.836. The summed E-state index contributed by atoms with van der Waals surface area (Å²) in [6, 6.07) is 6.80. The molecule has 17 heavy (non-hydrogen) atoms. The van der Waals surface area contributed by atoms with E-state index in [1.807, 2.05) is 11.0 Å². The van der Waals surface area contributed by atoms with Crippen molar-refractivity contribution in [3.63, 3.8) is 0 Å². The van der Waals surface area contributed by atoms with E-state index in [1.165, 1.54) is 6.07 Å². The summed E-state index contributed by atoms with van der Waals surface area (Å²) in [5.41, 5.74) is 0.674. The molecule has 4 heteroatoms. The van der Waals surface area contributed by atoms with Crippen LogP contribution >= 0.6 is 0 Å². The fraction of sp³-hybridized carbons (Fsp3) is 0.462. The highest BCUT2D eigenvalue weighted by Gasteiger charge is 2.24. The fourth-order valence-electron chi connectivity index (χ4n) is 2.28. The maximum atomic E-state index is 13.5. The Morgan fingerprint density at radius 2 is 2.29 bits per heavy atom. The molecular formula is C13H17FN2O. The summed E-state index contributed by atoms with van der Waals surface area (Å²) in [7, 11) is 0. The van der Waals surface area contributed by atoms with E-state index in [9.17, 15) is 9.18 Å². The standard InChI is InChI=1S/C13H17FN2O/c1-10(17)16-7-6-15-9-12(16)8-11-4-2-3-5-13(11)14/h2-5,12,15H,6-9H2,1H3. The molecule has 1 heterocycles. The molecule has 1 atom stereocenters. The minimum atomic E-state index is -0.193. The first-order valence-electron chi connectivity index (χ1n) is 5.90. The molecule has 1 aliphatic rings. The third kappa shape index (κ3) is 2.82. The summed E-state index contributed by atoms with van der Waals surface area (Å²) in [6.07, 6.45) is 0.569. The lowest BCUT2D eigenvalue weighted by Crippen LogP contribution is -2.53. The van der Waals surface area contributed by atoms with Crippen molar-refractivity contribution >= 4 is 5.91 Å². The van der Waals surface area contributed by atoms with Crippen LogP contribution in [-0.2, 0) is 11.2 Å². The number of hydrogen-bond donors (Lipinski definition) is 1. The van der Waals surface area contributed by atoms with Gasteiger partial charge in [-0.2, -0.15) is 0 Å². The van der Waals surface area contributed by atoms with Crippen LogP contribution in [0.2, 0.25) is 0 Å². The highest BCUT2D eigenvalue weighted by atomic mass is 19.1. The molecular weight excluding hydrogens is 219 g/mol. The van der Waals surface area contributed by atoms with Crippen LogP contribution in [0, 0.1) is 5.82 Å². The van der Waals surface area contributed by atoms with E-state index in [4.69, 9.17) is 0 Å². The van der Waals surface area contributed by atoms with Gasteiger partial charge in [0.2, 0.25) is 5.91 Å². The number of amides is 1. The molecule has 2 rings (SSSR count). The van der Waals surface area contributed by atoms with Crippen LogP contribution in [-0.4, -0.2) is 36.5 Å². The van der Waals surface area contributed by atoms with Crippen molar-refractivity contribution in [2.24, 2.45) is 0 Å². The van der Waals surface area contributed by atoms with Gasteiger partial charge in [0.25, 0.3) is 0 Å². The molecule has 1 unspecified atom stereocenters. The van der Waals surface area contributed by atoms with E-state index in [2.05, 4.69) is 5.32 Å². The lowest BCUT2D eigenvalue weighted by Gasteiger charge is -2.35.